The molecule has 0 saturated carbocycles. The summed E-state index contributed by atoms with van der Waals surface area (Å²) in [7, 11) is 0. The number of benzene rings is 1. The minimum absolute atomic E-state index is 0.0153. The molecule has 4 N–H and O–H groups in total. The Labute approximate surface area is 138 Å². The van der Waals surface area contributed by atoms with Gasteiger partial charge in [-0.3, -0.25) is 4.79 Å². The van der Waals surface area contributed by atoms with Crippen LogP contribution in [-0.2, 0) is 12.8 Å². The highest BCUT2D eigenvalue weighted by atomic mass is 32.1. The van der Waals surface area contributed by atoms with Gasteiger partial charge < -0.3 is 16.2 Å². The molecule has 0 fully saturated rings. The van der Waals surface area contributed by atoms with E-state index in [-0.39, 0.29) is 11.1 Å². The average molecular weight is 330 g/mol. The zero-order valence-electron chi connectivity index (χ0n) is 12.8. The van der Waals surface area contributed by atoms with Crippen LogP contribution in [0, 0.1) is 5.92 Å². The summed E-state index contributed by atoms with van der Waals surface area (Å²) in [5.41, 5.74) is 8.05. The normalized spacial score (nSPS) is 16.7. The number of carboxylic acids is 1. The lowest BCUT2D eigenvalue weighted by Crippen LogP contribution is -2.16. The van der Waals surface area contributed by atoms with Crippen molar-refractivity contribution in [1.29, 1.82) is 0 Å². The maximum atomic E-state index is 12.4. The van der Waals surface area contributed by atoms with Crippen molar-refractivity contribution in [1.82, 2.24) is 0 Å². The molecule has 23 heavy (non-hydrogen) atoms. The summed E-state index contributed by atoms with van der Waals surface area (Å²) >= 11 is 1.50. The van der Waals surface area contributed by atoms with Gasteiger partial charge in [0.25, 0.3) is 5.91 Å². The van der Waals surface area contributed by atoms with E-state index >= 15 is 0 Å². The summed E-state index contributed by atoms with van der Waals surface area (Å²) in [4.78, 5) is 24.9. The largest absolute Gasteiger partial charge is 0.478 e. The smallest absolute Gasteiger partial charge is 0.336 e. The number of carbonyl (C=O) groups excluding carboxylic acids is 1. The Kier molecular flexibility index (Phi) is 4.09. The molecule has 0 radical (unpaired) electrons. The number of hydrogen-bond acceptors (Lipinski definition) is 4. The molecule has 1 aromatic carbocycles. The average Bonchev–Trinajstić information content (AvgIpc) is 2.82. The van der Waals surface area contributed by atoms with Crippen LogP contribution < -0.4 is 11.1 Å². The highest BCUT2D eigenvalue weighted by molar-refractivity contribution is 7.17. The minimum atomic E-state index is -1.12. The van der Waals surface area contributed by atoms with Crippen LogP contribution in [0.2, 0.25) is 0 Å². The number of carbonyl (C=O) groups is 2. The number of anilines is 2. The van der Waals surface area contributed by atoms with Crippen molar-refractivity contribution in [2.24, 2.45) is 5.92 Å². The third-order valence-corrected chi connectivity index (χ3v) is 5.37. The molecular weight excluding hydrogens is 312 g/mol. The second-order valence-corrected chi connectivity index (χ2v) is 7.00. The van der Waals surface area contributed by atoms with Crippen LogP contribution in [0.15, 0.2) is 24.3 Å². The number of hydrogen-bond donors (Lipinski definition) is 3. The SMILES string of the molecule is CC1CCc2c(sc(NC(=O)c3ccccc3C(=O)O)c2N)C1. The first-order valence-corrected chi connectivity index (χ1v) is 8.32. The van der Waals surface area contributed by atoms with Gasteiger partial charge in [0.05, 0.1) is 16.8 Å². The molecule has 3 rings (SSSR count). The molecule has 0 aliphatic heterocycles. The lowest BCUT2D eigenvalue weighted by Gasteiger charge is -2.17. The molecule has 0 bridgehead atoms. The molecule has 1 heterocycles. The highest BCUT2D eigenvalue weighted by Crippen LogP contribution is 2.41. The van der Waals surface area contributed by atoms with E-state index in [1.54, 1.807) is 12.1 Å². The lowest BCUT2D eigenvalue weighted by atomic mass is 9.90. The fourth-order valence-electron chi connectivity index (χ4n) is 2.91. The number of nitrogens with one attached hydrogen (secondary N) is 1. The maximum Gasteiger partial charge on any atom is 0.336 e. The summed E-state index contributed by atoms with van der Waals surface area (Å²) in [5.74, 6) is -0.943. The lowest BCUT2D eigenvalue weighted by molar-refractivity contribution is 0.0692. The Morgan fingerprint density at radius 2 is 2.00 bits per heavy atom. The van der Waals surface area contributed by atoms with Crippen LogP contribution >= 0.6 is 11.3 Å². The molecule has 120 valence electrons. The summed E-state index contributed by atoms with van der Waals surface area (Å²) in [6.45, 7) is 2.21. The Morgan fingerprint density at radius 3 is 2.70 bits per heavy atom. The molecule has 1 aliphatic carbocycles. The van der Waals surface area contributed by atoms with Crippen LogP contribution in [0.25, 0.3) is 0 Å². The summed E-state index contributed by atoms with van der Waals surface area (Å²) < 4.78 is 0. The zero-order valence-corrected chi connectivity index (χ0v) is 13.6. The van der Waals surface area contributed by atoms with E-state index in [1.165, 1.54) is 28.3 Å². The third-order valence-electron chi connectivity index (χ3n) is 4.18. The van der Waals surface area contributed by atoms with Crippen molar-refractivity contribution in [3.63, 3.8) is 0 Å². The van der Waals surface area contributed by atoms with Gasteiger partial charge >= 0.3 is 5.97 Å². The van der Waals surface area contributed by atoms with Crippen LogP contribution in [-0.4, -0.2) is 17.0 Å². The van der Waals surface area contributed by atoms with Gasteiger partial charge in [-0.05, 0) is 42.9 Å². The van der Waals surface area contributed by atoms with E-state index < -0.39 is 11.9 Å². The fraction of sp³-hybridized carbons (Fsp3) is 0.294. The predicted molar refractivity (Wildman–Crippen MR) is 91.3 cm³/mol. The molecule has 2 aromatic rings. The van der Waals surface area contributed by atoms with Gasteiger partial charge in [-0.15, -0.1) is 11.3 Å². The minimum Gasteiger partial charge on any atom is -0.478 e. The van der Waals surface area contributed by atoms with Crippen molar-refractivity contribution in [2.45, 2.75) is 26.2 Å². The molecule has 1 atom stereocenters. The van der Waals surface area contributed by atoms with Gasteiger partial charge in [0.1, 0.15) is 5.00 Å². The first kappa shape index (κ1) is 15.6. The first-order valence-electron chi connectivity index (χ1n) is 7.51. The van der Waals surface area contributed by atoms with E-state index in [0.29, 0.717) is 16.6 Å². The highest BCUT2D eigenvalue weighted by Gasteiger charge is 2.24. The number of carboxylic acid groups (broad SMARTS) is 1. The van der Waals surface area contributed by atoms with E-state index in [0.717, 1.165) is 24.8 Å². The van der Waals surface area contributed by atoms with Gasteiger partial charge in [-0.2, -0.15) is 0 Å². The van der Waals surface area contributed by atoms with Gasteiger partial charge in [-0.1, -0.05) is 19.1 Å². The Hall–Kier alpha value is -2.34. The van der Waals surface area contributed by atoms with Crippen molar-refractivity contribution in [3.8, 4) is 0 Å². The number of nitrogen functional groups attached to an aromatic ring is 1. The van der Waals surface area contributed by atoms with Crippen molar-refractivity contribution in [3.05, 3.63) is 45.8 Å². The Bertz CT molecular complexity index is 782. The second-order valence-electron chi connectivity index (χ2n) is 5.90. The molecule has 0 saturated heterocycles. The van der Waals surface area contributed by atoms with Crippen LogP contribution in [0.3, 0.4) is 0 Å². The van der Waals surface area contributed by atoms with E-state index in [2.05, 4.69) is 12.2 Å². The molecule has 1 aliphatic rings. The number of rotatable bonds is 3. The molecule has 0 spiro atoms. The zero-order chi connectivity index (χ0) is 16.6. The van der Waals surface area contributed by atoms with E-state index in [9.17, 15) is 14.7 Å². The number of nitrogens with two attached hydrogens (primary N) is 1. The van der Waals surface area contributed by atoms with Crippen molar-refractivity contribution < 1.29 is 14.7 Å². The molecule has 6 heteroatoms. The van der Waals surface area contributed by atoms with Crippen molar-refractivity contribution >= 4 is 33.9 Å². The summed E-state index contributed by atoms with van der Waals surface area (Å²) in [6.07, 6.45) is 3.01. The second kappa shape index (κ2) is 6.04. The predicted octanol–water partition coefficient (Wildman–Crippen LogP) is 3.41. The van der Waals surface area contributed by atoms with Gasteiger partial charge in [0.15, 0.2) is 0 Å². The van der Waals surface area contributed by atoms with Crippen LogP contribution in [0.4, 0.5) is 10.7 Å². The number of amides is 1. The van der Waals surface area contributed by atoms with Crippen LogP contribution in [0.5, 0.6) is 0 Å². The van der Waals surface area contributed by atoms with Crippen LogP contribution in [0.1, 0.15) is 44.5 Å². The number of thiophene rings is 1. The standard InChI is InChI=1S/C17H18N2O3S/c1-9-6-7-12-13(8-9)23-16(14(12)18)19-15(20)10-4-2-3-5-11(10)17(21)22/h2-5,9H,6-8,18H2,1H3,(H,19,20)(H,21,22). The Balaban J connectivity index is 1.89. The maximum absolute atomic E-state index is 12.4. The topological polar surface area (TPSA) is 92.4 Å². The van der Waals surface area contributed by atoms with E-state index in [1.807, 2.05) is 0 Å². The monoisotopic (exact) mass is 330 g/mol. The summed E-state index contributed by atoms with van der Waals surface area (Å²) in [6, 6.07) is 6.16. The first-order chi connectivity index (χ1) is 11.0. The molecule has 1 unspecified atom stereocenters. The van der Waals surface area contributed by atoms with Gasteiger partial charge in [0, 0.05) is 4.88 Å². The molecular formula is C17H18N2O3S. The molecule has 1 amide bonds. The molecule has 5 nitrogen and oxygen atoms in total. The van der Waals surface area contributed by atoms with Gasteiger partial charge in [-0.25, -0.2) is 4.79 Å². The van der Waals surface area contributed by atoms with E-state index in [4.69, 9.17) is 5.73 Å². The summed E-state index contributed by atoms with van der Waals surface area (Å²) in [5, 5.41) is 12.6. The van der Waals surface area contributed by atoms with Gasteiger partial charge in [0.2, 0.25) is 0 Å². The van der Waals surface area contributed by atoms with Crippen molar-refractivity contribution in [2.75, 3.05) is 11.1 Å². The third kappa shape index (κ3) is 2.94. The molecule has 1 aromatic heterocycles. The Morgan fingerprint density at radius 1 is 1.30 bits per heavy atom. The number of fused-ring (bicyclic) bond motifs is 1. The quantitative estimate of drug-likeness (QED) is 0.804. The fourth-order valence-corrected chi connectivity index (χ4v) is 4.23. The number of aromatic carboxylic acids is 1.